The number of nitrogens with zero attached hydrogens (tertiary/aromatic N) is 2. The molecule has 0 fully saturated rings. The van der Waals surface area contributed by atoms with Crippen molar-refractivity contribution in [3.63, 3.8) is 0 Å². The molecule has 0 unspecified atom stereocenters. The Morgan fingerprint density at radius 1 is 1.15 bits per heavy atom. The molecule has 2 aromatic carbocycles. The van der Waals surface area contributed by atoms with E-state index < -0.39 is 0 Å². The third-order valence-electron chi connectivity index (χ3n) is 5.64. The van der Waals surface area contributed by atoms with E-state index >= 15 is 0 Å². The number of nitrogens with one attached hydrogen (secondary N) is 2. The van der Waals surface area contributed by atoms with Gasteiger partial charge in [0.2, 0.25) is 11.8 Å². The minimum Gasteiger partial charge on any atom is -0.497 e. The van der Waals surface area contributed by atoms with Crippen LogP contribution in [0.4, 0.5) is 0 Å². The minimum absolute atomic E-state index is 0.0236. The summed E-state index contributed by atoms with van der Waals surface area (Å²) in [5, 5.41) is 4.32. The first-order valence-electron chi connectivity index (χ1n) is 11.4. The van der Waals surface area contributed by atoms with Gasteiger partial charge in [-0.15, -0.1) is 0 Å². The van der Waals surface area contributed by atoms with E-state index in [-0.39, 0.29) is 24.8 Å². The topological polar surface area (TPSA) is 73.9 Å². The monoisotopic (exact) mass is 450 g/mol. The van der Waals surface area contributed by atoms with Gasteiger partial charge in [-0.05, 0) is 61.7 Å². The van der Waals surface area contributed by atoms with Crippen LogP contribution in [0, 0.1) is 0 Å². The smallest absolute Gasteiger partial charge is 0.245 e. The van der Waals surface area contributed by atoms with E-state index in [4.69, 9.17) is 4.74 Å². The Kier molecular flexibility index (Phi) is 8.89. The lowest BCUT2D eigenvalue weighted by Crippen LogP contribution is -2.49. The largest absolute Gasteiger partial charge is 0.497 e. The Hall–Kier alpha value is -3.32. The van der Waals surface area contributed by atoms with Gasteiger partial charge in [-0.3, -0.25) is 19.9 Å². The Balaban J connectivity index is 1.43. The standard InChI is InChI=1S/C26H34N4O3/c1-20(2)29(18-21-8-5-4-6-9-21)17-7-16-27-25(31)19-30-26(32)15-14-24(28-30)22-10-12-23(33-3)13-11-22/h4-6,8-14,20,28H,7,15-19H2,1-3H3,(H,27,31). The fraction of sp³-hybridized carbons (Fsp3) is 0.385. The summed E-state index contributed by atoms with van der Waals surface area (Å²) in [4.78, 5) is 27.1. The molecular formula is C26H34N4O3. The van der Waals surface area contributed by atoms with Crippen LogP contribution in [0.5, 0.6) is 5.75 Å². The van der Waals surface area contributed by atoms with E-state index in [0.717, 1.165) is 36.5 Å². The van der Waals surface area contributed by atoms with Crippen molar-refractivity contribution in [1.29, 1.82) is 0 Å². The second-order valence-corrected chi connectivity index (χ2v) is 8.40. The molecule has 2 amide bonds. The maximum absolute atomic E-state index is 12.5. The number of amides is 2. The van der Waals surface area contributed by atoms with Crippen molar-refractivity contribution in [3.8, 4) is 5.75 Å². The van der Waals surface area contributed by atoms with Crippen LogP contribution in [-0.4, -0.2) is 54.5 Å². The van der Waals surface area contributed by atoms with Crippen LogP contribution in [-0.2, 0) is 16.1 Å². The average molecular weight is 451 g/mol. The number of ether oxygens (including phenoxy) is 1. The van der Waals surface area contributed by atoms with Crippen molar-refractivity contribution in [2.24, 2.45) is 0 Å². The number of hydrazine groups is 1. The number of hydrogen-bond acceptors (Lipinski definition) is 5. The van der Waals surface area contributed by atoms with Crippen LogP contribution in [0.1, 0.15) is 37.8 Å². The molecule has 0 bridgehead atoms. The van der Waals surface area contributed by atoms with E-state index in [2.05, 4.69) is 53.8 Å². The van der Waals surface area contributed by atoms with E-state index in [1.54, 1.807) is 7.11 Å². The first-order chi connectivity index (χ1) is 16.0. The summed E-state index contributed by atoms with van der Waals surface area (Å²) in [6, 6.07) is 18.4. The van der Waals surface area contributed by atoms with Crippen LogP contribution in [0.15, 0.2) is 60.7 Å². The molecular weight excluding hydrogens is 416 g/mol. The summed E-state index contributed by atoms with van der Waals surface area (Å²) in [6.45, 7) is 6.69. The highest BCUT2D eigenvalue weighted by Crippen LogP contribution is 2.20. The lowest BCUT2D eigenvalue weighted by Gasteiger charge is -2.29. The average Bonchev–Trinajstić information content (AvgIpc) is 2.83. The van der Waals surface area contributed by atoms with Gasteiger partial charge in [0.1, 0.15) is 12.3 Å². The van der Waals surface area contributed by atoms with Gasteiger partial charge in [0.25, 0.3) is 0 Å². The number of benzene rings is 2. The van der Waals surface area contributed by atoms with Crippen molar-refractivity contribution in [3.05, 3.63) is 71.8 Å². The first kappa shape index (κ1) is 24.3. The third kappa shape index (κ3) is 7.36. The number of carbonyl (C=O) groups excluding carboxylic acids is 2. The van der Waals surface area contributed by atoms with Gasteiger partial charge in [0.05, 0.1) is 12.8 Å². The summed E-state index contributed by atoms with van der Waals surface area (Å²) in [5.74, 6) is 0.463. The molecule has 33 heavy (non-hydrogen) atoms. The molecule has 3 rings (SSSR count). The molecule has 0 atom stereocenters. The van der Waals surface area contributed by atoms with Crippen LogP contribution in [0.3, 0.4) is 0 Å². The lowest BCUT2D eigenvalue weighted by molar-refractivity contribution is -0.137. The summed E-state index contributed by atoms with van der Waals surface area (Å²) >= 11 is 0. The summed E-state index contributed by atoms with van der Waals surface area (Å²) in [6.07, 6.45) is 2.94. The van der Waals surface area contributed by atoms with E-state index in [1.165, 1.54) is 10.6 Å². The van der Waals surface area contributed by atoms with Gasteiger partial charge < -0.3 is 10.1 Å². The van der Waals surface area contributed by atoms with Crippen molar-refractivity contribution in [2.45, 2.75) is 39.3 Å². The molecule has 0 radical (unpaired) electrons. The van der Waals surface area contributed by atoms with Crippen molar-refractivity contribution in [2.75, 3.05) is 26.7 Å². The van der Waals surface area contributed by atoms with E-state index in [9.17, 15) is 9.59 Å². The Labute approximate surface area is 196 Å². The predicted molar refractivity (Wildman–Crippen MR) is 130 cm³/mol. The van der Waals surface area contributed by atoms with Crippen molar-refractivity contribution < 1.29 is 14.3 Å². The van der Waals surface area contributed by atoms with Gasteiger partial charge in [0.15, 0.2) is 0 Å². The zero-order chi connectivity index (χ0) is 23.6. The predicted octanol–water partition coefficient (Wildman–Crippen LogP) is 3.19. The highest BCUT2D eigenvalue weighted by atomic mass is 16.5. The lowest BCUT2D eigenvalue weighted by atomic mass is 10.1. The molecule has 0 saturated carbocycles. The second-order valence-electron chi connectivity index (χ2n) is 8.40. The summed E-state index contributed by atoms with van der Waals surface area (Å²) in [7, 11) is 1.62. The Bertz CT molecular complexity index is 942. The Morgan fingerprint density at radius 2 is 1.88 bits per heavy atom. The van der Waals surface area contributed by atoms with Gasteiger partial charge >= 0.3 is 0 Å². The van der Waals surface area contributed by atoms with Gasteiger partial charge in [-0.2, -0.15) is 0 Å². The first-order valence-corrected chi connectivity index (χ1v) is 11.4. The highest BCUT2D eigenvalue weighted by molar-refractivity contribution is 5.88. The molecule has 0 spiro atoms. The maximum Gasteiger partial charge on any atom is 0.245 e. The van der Waals surface area contributed by atoms with Crippen LogP contribution in [0.2, 0.25) is 0 Å². The minimum atomic E-state index is -0.175. The van der Waals surface area contributed by atoms with Gasteiger partial charge in [-0.25, -0.2) is 5.01 Å². The summed E-state index contributed by atoms with van der Waals surface area (Å²) in [5.41, 5.74) is 6.09. The molecule has 0 aromatic heterocycles. The molecule has 1 aliphatic heterocycles. The summed E-state index contributed by atoms with van der Waals surface area (Å²) < 4.78 is 5.19. The van der Waals surface area contributed by atoms with Gasteiger partial charge in [-0.1, -0.05) is 30.3 Å². The van der Waals surface area contributed by atoms with Crippen molar-refractivity contribution in [1.82, 2.24) is 20.7 Å². The number of carbonyl (C=O) groups is 2. The van der Waals surface area contributed by atoms with Crippen LogP contribution >= 0.6 is 0 Å². The number of methoxy groups -OCH3 is 1. The molecule has 0 aliphatic carbocycles. The SMILES string of the molecule is COc1ccc(C2=CCC(=O)N(CC(=O)NCCCN(Cc3ccccc3)C(C)C)N2)cc1. The highest BCUT2D eigenvalue weighted by Gasteiger charge is 2.22. The van der Waals surface area contributed by atoms with Crippen LogP contribution < -0.4 is 15.5 Å². The maximum atomic E-state index is 12.5. The number of rotatable bonds is 11. The normalized spacial score (nSPS) is 13.7. The van der Waals surface area contributed by atoms with E-state index in [0.29, 0.717) is 12.6 Å². The molecule has 2 aromatic rings. The molecule has 1 heterocycles. The zero-order valence-electron chi connectivity index (χ0n) is 19.7. The molecule has 7 nitrogen and oxygen atoms in total. The fourth-order valence-corrected chi connectivity index (χ4v) is 3.68. The fourth-order valence-electron chi connectivity index (χ4n) is 3.68. The molecule has 1 aliphatic rings. The van der Waals surface area contributed by atoms with Gasteiger partial charge in [0, 0.05) is 32.1 Å². The molecule has 0 saturated heterocycles. The third-order valence-corrected chi connectivity index (χ3v) is 5.64. The quantitative estimate of drug-likeness (QED) is 0.515. The van der Waals surface area contributed by atoms with E-state index in [1.807, 2.05) is 36.4 Å². The molecule has 2 N–H and O–H groups in total. The second kappa shape index (κ2) is 12.1. The van der Waals surface area contributed by atoms with Crippen molar-refractivity contribution >= 4 is 17.5 Å². The van der Waals surface area contributed by atoms with Crippen LogP contribution in [0.25, 0.3) is 5.70 Å². The Morgan fingerprint density at radius 3 is 2.55 bits per heavy atom. The zero-order valence-corrected chi connectivity index (χ0v) is 19.7. The molecule has 7 heteroatoms. The number of hydrogen-bond donors (Lipinski definition) is 2. The molecule has 176 valence electrons.